The van der Waals surface area contributed by atoms with Crippen molar-refractivity contribution in [1.29, 1.82) is 0 Å². The summed E-state index contributed by atoms with van der Waals surface area (Å²) in [5.74, 6) is 6.33. The van der Waals surface area contributed by atoms with Gasteiger partial charge in [0.2, 0.25) is 0 Å². The van der Waals surface area contributed by atoms with Gasteiger partial charge in [-0.1, -0.05) is 50.7 Å². The number of allylic oxidation sites excluding steroid dienone is 2. The zero-order valence-corrected chi connectivity index (χ0v) is 13.8. The molecule has 0 aliphatic rings. The van der Waals surface area contributed by atoms with E-state index in [9.17, 15) is 14.9 Å². The highest BCUT2D eigenvalue weighted by Gasteiger charge is 2.17. The summed E-state index contributed by atoms with van der Waals surface area (Å²) in [6.45, 7) is 2.19. The SMILES string of the molecule is CCCCCC#CC/C=C/CCCCCCC(C=O)[N+](=O)[O-]. The highest BCUT2D eigenvalue weighted by molar-refractivity contribution is 5.55. The molecule has 22 heavy (non-hydrogen) atoms. The van der Waals surface area contributed by atoms with Crippen LogP contribution in [-0.2, 0) is 4.79 Å². The first-order valence-electron chi connectivity index (χ1n) is 8.41. The van der Waals surface area contributed by atoms with Gasteiger partial charge in [-0.25, -0.2) is 0 Å². The Labute approximate surface area is 134 Å². The fraction of sp³-hybridized carbons (Fsp3) is 0.722. The predicted octanol–water partition coefficient (Wildman–Crippen LogP) is 4.70. The molecule has 0 rings (SSSR count). The summed E-state index contributed by atoms with van der Waals surface area (Å²) in [4.78, 5) is 20.4. The molecule has 1 unspecified atom stereocenters. The van der Waals surface area contributed by atoms with Crippen LogP contribution in [0.5, 0.6) is 0 Å². The fourth-order valence-corrected chi connectivity index (χ4v) is 2.08. The van der Waals surface area contributed by atoms with E-state index in [0.717, 1.165) is 44.9 Å². The van der Waals surface area contributed by atoms with Gasteiger partial charge in [-0.2, -0.15) is 0 Å². The first kappa shape index (κ1) is 20.4. The molecule has 4 nitrogen and oxygen atoms in total. The standard InChI is InChI=1S/C18H29NO3/c1-2-3-4-5-6-7-8-9-10-11-12-13-14-15-16-18(17-20)19(21)22/h9-10,17-18H,2-5,8,11-16H2,1H3/b10-9+. The van der Waals surface area contributed by atoms with Crippen molar-refractivity contribution in [3.63, 3.8) is 0 Å². The number of unbranched alkanes of at least 4 members (excludes halogenated alkanes) is 7. The summed E-state index contributed by atoms with van der Waals surface area (Å²) in [6.07, 6.45) is 15.5. The number of rotatable bonds is 13. The van der Waals surface area contributed by atoms with Crippen LogP contribution < -0.4 is 0 Å². The van der Waals surface area contributed by atoms with Gasteiger partial charge in [-0.3, -0.25) is 14.9 Å². The van der Waals surface area contributed by atoms with Gasteiger partial charge in [-0.15, -0.1) is 5.92 Å². The molecular weight excluding hydrogens is 278 g/mol. The van der Waals surface area contributed by atoms with E-state index in [1.807, 2.05) is 0 Å². The Kier molecular flexibility index (Phi) is 14.6. The molecule has 0 heterocycles. The second-order valence-corrected chi connectivity index (χ2v) is 5.47. The Morgan fingerprint density at radius 3 is 2.50 bits per heavy atom. The Morgan fingerprint density at radius 1 is 1.05 bits per heavy atom. The molecule has 0 saturated heterocycles. The van der Waals surface area contributed by atoms with Crippen molar-refractivity contribution in [3.8, 4) is 11.8 Å². The van der Waals surface area contributed by atoms with Crippen LogP contribution >= 0.6 is 0 Å². The van der Waals surface area contributed by atoms with Gasteiger partial charge in [0.1, 0.15) is 0 Å². The molecule has 0 aromatic rings. The van der Waals surface area contributed by atoms with Crippen molar-refractivity contribution in [2.45, 2.75) is 83.6 Å². The van der Waals surface area contributed by atoms with Gasteiger partial charge in [-0.05, 0) is 25.7 Å². The van der Waals surface area contributed by atoms with Crippen LogP contribution in [0.4, 0.5) is 0 Å². The van der Waals surface area contributed by atoms with Crippen LogP contribution in [0, 0.1) is 22.0 Å². The van der Waals surface area contributed by atoms with Gasteiger partial charge in [0.05, 0.1) is 0 Å². The van der Waals surface area contributed by atoms with Crippen molar-refractivity contribution in [2.75, 3.05) is 0 Å². The van der Waals surface area contributed by atoms with Crippen molar-refractivity contribution in [3.05, 3.63) is 22.3 Å². The summed E-state index contributed by atoms with van der Waals surface area (Å²) in [5.41, 5.74) is 0. The van der Waals surface area contributed by atoms with Gasteiger partial charge < -0.3 is 0 Å². The molecule has 0 aliphatic heterocycles. The van der Waals surface area contributed by atoms with E-state index < -0.39 is 11.0 Å². The lowest BCUT2D eigenvalue weighted by atomic mass is 10.1. The second-order valence-electron chi connectivity index (χ2n) is 5.47. The third-order valence-corrected chi connectivity index (χ3v) is 3.47. The van der Waals surface area contributed by atoms with Crippen molar-refractivity contribution in [1.82, 2.24) is 0 Å². The molecular formula is C18H29NO3. The molecule has 0 saturated carbocycles. The predicted molar refractivity (Wildman–Crippen MR) is 90.2 cm³/mol. The van der Waals surface area contributed by atoms with Gasteiger partial charge in [0, 0.05) is 24.2 Å². The number of aldehydes is 1. The molecule has 4 heteroatoms. The maximum absolute atomic E-state index is 10.4. The Bertz CT molecular complexity index is 380. The minimum Gasteiger partial charge on any atom is -0.296 e. The molecule has 124 valence electrons. The number of nitro groups is 1. The van der Waals surface area contributed by atoms with Crippen LogP contribution in [-0.4, -0.2) is 17.3 Å². The zero-order valence-electron chi connectivity index (χ0n) is 13.8. The molecule has 0 amide bonds. The van der Waals surface area contributed by atoms with E-state index in [1.165, 1.54) is 19.3 Å². The van der Waals surface area contributed by atoms with Gasteiger partial charge in [0.25, 0.3) is 6.04 Å². The minimum absolute atomic E-state index is 0.361. The second kappa shape index (κ2) is 15.8. The summed E-state index contributed by atoms with van der Waals surface area (Å²) in [7, 11) is 0. The fourth-order valence-electron chi connectivity index (χ4n) is 2.08. The van der Waals surface area contributed by atoms with E-state index in [0.29, 0.717) is 12.7 Å². The largest absolute Gasteiger partial charge is 0.296 e. The smallest absolute Gasteiger partial charge is 0.267 e. The van der Waals surface area contributed by atoms with Crippen LogP contribution in [0.15, 0.2) is 12.2 Å². The quantitative estimate of drug-likeness (QED) is 0.124. The van der Waals surface area contributed by atoms with E-state index in [4.69, 9.17) is 0 Å². The number of hydrogen-bond acceptors (Lipinski definition) is 3. The van der Waals surface area contributed by atoms with Gasteiger partial charge in [0.15, 0.2) is 6.29 Å². The summed E-state index contributed by atoms with van der Waals surface area (Å²) >= 11 is 0. The van der Waals surface area contributed by atoms with Crippen LogP contribution in [0.3, 0.4) is 0 Å². The molecule has 1 atom stereocenters. The normalized spacial score (nSPS) is 11.9. The Balaban J connectivity index is 3.40. The highest BCUT2D eigenvalue weighted by atomic mass is 16.6. The third-order valence-electron chi connectivity index (χ3n) is 3.47. The van der Waals surface area contributed by atoms with Crippen LogP contribution in [0.25, 0.3) is 0 Å². The summed E-state index contributed by atoms with van der Waals surface area (Å²) < 4.78 is 0. The third kappa shape index (κ3) is 13.4. The topological polar surface area (TPSA) is 60.2 Å². The first-order chi connectivity index (χ1) is 10.7. The molecule has 0 aromatic heterocycles. The molecule has 0 aromatic carbocycles. The molecule has 0 spiro atoms. The monoisotopic (exact) mass is 307 g/mol. The summed E-state index contributed by atoms with van der Waals surface area (Å²) in [6, 6.07) is -1.02. The number of hydrogen-bond donors (Lipinski definition) is 0. The van der Waals surface area contributed by atoms with E-state index in [-0.39, 0.29) is 0 Å². The highest BCUT2D eigenvalue weighted by Crippen LogP contribution is 2.08. The average Bonchev–Trinajstić information content (AvgIpc) is 2.51. The number of nitrogens with zero attached hydrogens (tertiary/aromatic N) is 1. The summed E-state index contributed by atoms with van der Waals surface area (Å²) in [5, 5.41) is 10.4. The molecule has 0 radical (unpaired) electrons. The van der Waals surface area contributed by atoms with Crippen molar-refractivity contribution < 1.29 is 9.72 Å². The molecule has 0 aliphatic carbocycles. The van der Waals surface area contributed by atoms with Crippen molar-refractivity contribution in [2.24, 2.45) is 0 Å². The molecule has 0 fully saturated rings. The van der Waals surface area contributed by atoms with Crippen LogP contribution in [0.1, 0.15) is 77.6 Å². The van der Waals surface area contributed by atoms with E-state index in [2.05, 4.69) is 30.9 Å². The lowest BCUT2D eigenvalue weighted by Crippen LogP contribution is -2.20. The van der Waals surface area contributed by atoms with E-state index >= 15 is 0 Å². The minimum atomic E-state index is -1.02. The average molecular weight is 307 g/mol. The molecule has 0 bridgehead atoms. The lowest BCUT2D eigenvalue weighted by molar-refractivity contribution is -0.506. The lowest BCUT2D eigenvalue weighted by Gasteiger charge is -2.02. The Hall–Kier alpha value is -1.63. The maximum Gasteiger partial charge on any atom is 0.267 e. The zero-order chi connectivity index (χ0) is 16.5. The number of carbonyl (C=O) groups excluding carboxylic acids is 1. The van der Waals surface area contributed by atoms with Crippen LogP contribution in [0.2, 0.25) is 0 Å². The first-order valence-corrected chi connectivity index (χ1v) is 8.41. The van der Waals surface area contributed by atoms with Gasteiger partial charge >= 0.3 is 0 Å². The maximum atomic E-state index is 10.4. The molecule has 0 N–H and O–H groups in total. The number of carbonyl (C=O) groups is 1. The van der Waals surface area contributed by atoms with E-state index in [1.54, 1.807) is 0 Å². The Morgan fingerprint density at radius 2 is 1.82 bits per heavy atom. The van der Waals surface area contributed by atoms with Crippen molar-refractivity contribution >= 4 is 6.29 Å².